The first-order valence-electron chi connectivity index (χ1n) is 5.84. The summed E-state index contributed by atoms with van der Waals surface area (Å²) in [5.41, 5.74) is 5.80. The third-order valence-corrected chi connectivity index (χ3v) is 2.98. The summed E-state index contributed by atoms with van der Waals surface area (Å²) >= 11 is 0. The van der Waals surface area contributed by atoms with Crippen LogP contribution in [0.1, 0.15) is 39.5 Å². The van der Waals surface area contributed by atoms with Gasteiger partial charge in [-0.05, 0) is 18.8 Å². The molecule has 0 aromatic rings. The Morgan fingerprint density at radius 3 is 2.53 bits per heavy atom. The highest BCUT2D eigenvalue weighted by atomic mass is 16.3. The van der Waals surface area contributed by atoms with Gasteiger partial charge in [0.15, 0.2) is 5.96 Å². The molecule has 0 aromatic heterocycles. The second-order valence-electron chi connectivity index (χ2n) is 4.63. The molecule has 4 heteroatoms. The average Bonchev–Trinajstić information content (AvgIpc) is 2.66. The number of hydrogen-bond donors (Lipinski definition) is 3. The van der Waals surface area contributed by atoms with Crippen molar-refractivity contribution in [1.82, 2.24) is 5.32 Å². The van der Waals surface area contributed by atoms with Gasteiger partial charge in [0, 0.05) is 0 Å². The monoisotopic (exact) mass is 213 g/mol. The van der Waals surface area contributed by atoms with E-state index in [1.165, 1.54) is 12.8 Å². The fourth-order valence-electron chi connectivity index (χ4n) is 1.88. The van der Waals surface area contributed by atoms with Gasteiger partial charge in [-0.25, -0.2) is 0 Å². The molecule has 0 aromatic carbocycles. The Morgan fingerprint density at radius 1 is 1.47 bits per heavy atom. The summed E-state index contributed by atoms with van der Waals surface area (Å²) in [7, 11) is 0. The molecule has 0 heterocycles. The molecule has 4 N–H and O–H groups in total. The number of rotatable bonds is 4. The van der Waals surface area contributed by atoms with E-state index in [1.807, 2.05) is 0 Å². The highest BCUT2D eigenvalue weighted by Crippen LogP contribution is 2.20. The Bertz CT molecular complexity index is 210. The quantitative estimate of drug-likeness (QED) is 0.479. The molecule has 1 unspecified atom stereocenters. The van der Waals surface area contributed by atoms with Crippen molar-refractivity contribution in [3.63, 3.8) is 0 Å². The Kier molecular flexibility index (Phi) is 4.88. The molecule has 1 fully saturated rings. The first kappa shape index (κ1) is 12.3. The molecule has 1 rings (SSSR count). The molecule has 0 bridgehead atoms. The zero-order valence-electron chi connectivity index (χ0n) is 9.74. The largest absolute Gasteiger partial charge is 0.394 e. The van der Waals surface area contributed by atoms with Crippen LogP contribution in [0.5, 0.6) is 0 Å². The van der Waals surface area contributed by atoms with E-state index in [1.54, 1.807) is 0 Å². The van der Waals surface area contributed by atoms with E-state index in [-0.39, 0.29) is 12.6 Å². The van der Waals surface area contributed by atoms with Crippen molar-refractivity contribution in [3.8, 4) is 0 Å². The molecule has 88 valence electrons. The van der Waals surface area contributed by atoms with Gasteiger partial charge in [0.05, 0.1) is 18.7 Å². The van der Waals surface area contributed by atoms with Crippen molar-refractivity contribution in [3.05, 3.63) is 0 Å². The zero-order chi connectivity index (χ0) is 11.3. The maximum atomic E-state index is 9.13. The number of nitrogens with one attached hydrogen (secondary N) is 1. The minimum Gasteiger partial charge on any atom is -0.394 e. The average molecular weight is 213 g/mol. The minimum absolute atomic E-state index is 0.00940. The van der Waals surface area contributed by atoms with Crippen LogP contribution in [0.15, 0.2) is 4.99 Å². The summed E-state index contributed by atoms with van der Waals surface area (Å²) in [5.74, 6) is 0.835. The molecule has 1 saturated carbocycles. The number of nitrogens with two attached hydrogens (primary N) is 1. The van der Waals surface area contributed by atoms with Crippen LogP contribution in [0, 0.1) is 5.92 Å². The van der Waals surface area contributed by atoms with Gasteiger partial charge in [0.25, 0.3) is 0 Å². The van der Waals surface area contributed by atoms with Crippen LogP contribution >= 0.6 is 0 Å². The van der Waals surface area contributed by atoms with Crippen molar-refractivity contribution >= 4 is 5.96 Å². The Hall–Kier alpha value is -0.770. The molecule has 1 aliphatic rings. The predicted molar refractivity (Wildman–Crippen MR) is 62.7 cm³/mol. The van der Waals surface area contributed by atoms with Crippen LogP contribution in [0.4, 0.5) is 0 Å². The lowest BCUT2D eigenvalue weighted by atomic mass is 10.1. The second-order valence-corrected chi connectivity index (χ2v) is 4.63. The van der Waals surface area contributed by atoms with E-state index in [0.29, 0.717) is 17.9 Å². The Labute approximate surface area is 92.0 Å². The van der Waals surface area contributed by atoms with Gasteiger partial charge in [-0.15, -0.1) is 0 Å². The van der Waals surface area contributed by atoms with Crippen LogP contribution < -0.4 is 11.1 Å². The van der Waals surface area contributed by atoms with Crippen LogP contribution in [-0.4, -0.2) is 29.8 Å². The fraction of sp³-hybridized carbons (Fsp3) is 0.909. The lowest BCUT2D eigenvalue weighted by Crippen LogP contribution is -2.45. The molecule has 0 aliphatic heterocycles. The first-order valence-corrected chi connectivity index (χ1v) is 5.84. The van der Waals surface area contributed by atoms with E-state index in [9.17, 15) is 0 Å². The van der Waals surface area contributed by atoms with E-state index in [0.717, 1.165) is 12.8 Å². The minimum atomic E-state index is 0.00940. The summed E-state index contributed by atoms with van der Waals surface area (Å²) in [6.07, 6.45) is 4.81. The van der Waals surface area contributed by atoms with E-state index in [4.69, 9.17) is 10.8 Å². The summed E-state index contributed by atoms with van der Waals surface area (Å²) in [4.78, 5) is 4.42. The van der Waals surface area contributed by atoms with Crippen molar-refractivity contribution in [2.24, 2.45) is 16.6 Å². The van der Waals surface area contributed by atoms with Gasteiger partial charge in [-0.2, -0.15) is 0 Å². The number of aliphatic imine (C=N–C) groups is 1. The molecule has 4 nitrogen and oxygen atoms in total. The maximum absolute atomic E-state index is 9.13. The fourth-order valence-corrected chi connectivity index (χ4v) is 1.88. The van der Waals surface area contributed by atoms with Gasteiger partial charge in [0.2, 0.25) is 0 Å². The molecule has 1 aliphatic carbocycles. The van der Waals surface area contributed by atoms with Gasteiger partial charge in [0.1, 0.15) is 0 Å². The Balaban J connectivity index is 2.41. The molecular formula is C11H23N3O. The van der Waals surface area contributed by atoms with Crippen LogP contribution in [-0.2, 0) is 0 Å². The van der Waals surface area contributed by atoms with Crippen molar-refractivity contribution < 1.29 is 5.11 Å². The summed E-state index contributed by atoms with van der Waals surface area (Å²) in [6, 6.07) is 0.402. The Morgan fingerprint density at radius 2 is 2.07 bits per heavy atom. The molecule has 0 amide bonds. The number of guanidine groups is 1. The van der Waals surface area contributed by atoms with E-state index < -0.39 is 0 Å². The molecule has 15 heavy (non-hydrogen) atoms. The van der Waals surface area contributed by atoms with Crippen LogP contribution in [0.25, 0.3) is 0 Å². The third-order valence-electron chi connectivity index (χ3n) is 2.98. The second kappa shape index (κ2) is 5.95. The normalized spacial score (nSPS) is 20.9. The highest BCUT2D eigenvalue weighted by molar-refractivity contribution is 5.78. The summed E-state index contributed by atoms with van der Waals surface area (Å²) in [6.45, 7) is 4.20. The number of aliphatic hydroxyl groups excluding tert-OH is 1. The standard InChI is InChI=1S/C11H23N3O/c1-8(2)10(7-15)14-11(12)13-9-5-3-4-6-9/h8-10,15H,3-7H2,1-2H3,(H3,12,13,14). The smallest absolute Gasteiger partial charge is 0.189 e. The predicted octanol–water partition coefficient (Wildman–Crippen LogP) is 0.850. The van der Waals surface area contributed by atoms with Crippen molar-refractivity contribution in [2.75, 3.05) is 6.61 Å². The van der Waals surface area contributed by atoms with Crippen LogP contribution in [0.2, 0.25) is 0 Å². The van der Waals surface area contributed by atoms with Crippen molar-refractivity contribution in [2.45, 2.75) is 51.6 Å². The topological polar surface area (TPSA) is 70.6 Å². The zero-order valence-corrected chi connectivity index (χ0v) is 9.74. The number of nitrogens with zero attached hydrogens (tertiary/aromatic N) is 1. The first-order chi connectivity index (χ1) is 7.13. The molecule has 1 atom stereocenters. The van der Waals surface area contributed by atoms with Gasteiger partial charge >= 0.3 is 0 Å². The van der Waals surface area contributed by atoms with Gasteiger partial charge < -0.3 is 16.2 Å². The molecule has 0 radical (unpaired) electrons. The van der Waals surface area contributed by atoms with E-state index in [2.05, 4.69) is 24.2 Å². The number of aliphatic hydroxyl groups is 1. The summed E-state index contributed by atoms with van der Waals surface area (Å²) < 4.78 is 0. The highest BCUT2D eigenvalue weighted by Gasteiger charge is 2.16. The lowest BCUT2D eigenvalue weighted by molar-refractivity contribution is 0.225. The lowest BCUT2D eigenvalue weighted by Gasteiger charge is -2.20. The summed E-state index contributed by atoms with van der Waals surface area (Å²) in [5, 5.41) is 12.2. The van der Waals surface area contributed by atoms with Gasteiger partial charge in [-0.3, -0.25) is 4.99 Å². The van der Waals surface area contributed by atoms with Crippen molar-refractivity contribution in [1.29, 1.82) is 0 Å². The number of hydrogen-bond acceptors (Lipinski definition) is 2. The molecule has 0 saturated heterocycles. The van der Waals surface area contributed by atoms with Crippen LogP contribution in [0.3, 0.4) is 0 Å². The van der Waals surface area contributed by atoms with Gasteiger partial charge in [-0.1, -0.05) is 26.7 Å². The maximum Gasteiger partial charge on any atom is 0.189 e. The van der Waals surface area contributed by atoms with E-state index >= 15 is 0 Å². The molecular weight excluding hydrogens is 190 g/mol. The third kappa shape index (κ3) is 4.08. The molecule has 0 spiro atoms. The SMILES string of the molecule is CC(C)C(CO)NC(N)=NC1CCCC1.